The zero-order chi connectivity index (χ0) is 8.43. The lowest BCUT2D eigenvalue weighted by atomic mass is 10.3. The van der Waals surface area contributed by atoms with Gasteiger partial charge in [0.2, 0.25) is 0 Å². The molecule has 4 heteroatoms. The molecule has 11 heavy (non-hydrogen) atoms. The second-order valence-electron chi connectivity index (χ2n) is 2.35. The van der Waals surface area contributed by atoms with Crippen LogP contribution in [0.4, 0.5) is 5.69 Å². The number of anilines is 1. The molecule has 0 atom stereocenters. The minimum absolute atomic E-state index is 0.836. The molecule has 0 aromatic carbocycles. The fourth-order valence-corrected chi connectivity index (χ4v) is 1.72. The predicted octanol–water partition coefficient (Wildman–Crippen LogP) is 1.29. The largest absolute Gasteiger partial charge is 0.395 e. The minimum Gasteiger partial charge on any atom is -0.395 e. The minimum atomic E-state index is 0.836. The predicted molar refractivity (Wildman–Crippen MR) is 48.8 cm³/mol. The molecule has 1 aromatic rings. The Morgan fingerprint density at radius 1 is 1.64 bits per heavy atom. The number of hydrogen-bond acceptors (Lipinski definition) is 3. The Balaban J connectivity index is 3.14. The number of nitrogens with zero attached hydrogens (tertiary/aromatic N) is 2. The molecule has 1 rings (SSSR count). The molecule has 0 aliphatic heterocycles. The van der Waals surface area contributed by atoms with E-state index in [2.05, 4.69) is 12.0 Å². The van der Waals surface area contributed by atoms with Crippen LogP contribution in [0.2, 0.25) is 0 Å². The first-order chi connectivity index (χ1) is 5.20. The van der Waals surface area contributed by atoms with Crippen LogP contribution in [0, 0.1) is 0 Å². The molecule has 0 unspecified atom stereocenters. The highest BCUT2D eigenvalue weighted by molar-refractivity contribution is 7.98. The molecule has 62 valence electrons. The summed E-state index contributed by atoms with van der Waals surface area (Å²) >= 11 is 1.63. The van der Waals surface area contributed by atoms with Crippen molar-refractivity contribution in [3.05, 3.63) is 5.69 Å². The normalized spacial score (nSPS) is 10.5. The van der Waals surface area contributed by atoms with Gasteiger partial charge in [-0.1, -0.05) is 6.92 Å². The third kappa shape index (κ3) is 1.35. The van der Waals surface area contributed by atoms with Crippen molar-refractivity contribution < 1.29 is 0 Å². The topological polar surface area (TPSA) is 43.8 Å². The van der Waals surface area contributed by atoms with Crippen molar-refractivity contribution in [1.82, 2.24) is 9.78 Å². The number of hydrogen-bond donors (Lipinski definition) is 1. The zero-order valence-electron chi connectivity index (χ0n) is 7.09. The van der Waals surface area contributed by atoms with Gasteiger partial charge < -0.3 is 5.73 Å². The smallest absolute Gasteiger partial charge is 0.117 e. The van der Waals surface area contributed by atoms with Crippen molar-refractivity contribution in [3.8, 4) is 0 Å². The van der Waals surface area contributed by atoms with Gasteiger partial charge in [-0.05, 0) is 12.7 Å². The van der Waals surface area contributed by atoms with Gasteiger partial charge in [-0.15, -0.1) is 11.8 Å². The lowest BCUT2D eigenvalue weighted by molar-refractivity contribution is 0.688. The molecule has 0 radical (unpaired) electrons. The average molecular weight is 171 g/mol. The van der Waals surface area contributed by atoms with E-state index in [1.54, 1.807) is 11.8 Å². The number of nitrogens with two attached hydrogens (primary N) is 1. The number of thioether (sulfide) groups is 1. The van der Waals surface area contributed by atoms with Crippen LogP contribution in [0.1, 0.15) is 12.6 Å². The van der Waals surface area contributed by atoms with Gasteiger partial charge in [-0.3, -0.25) is 4.68 Å². The summed E-state index contributed by atoms with van der Waals surface area (Å²) in [6, 6.07) is 0. The second kappa shape index (κ2) is 3.17. The monoisotopic (exact) mass is 171 g/mol. The summed E-state index contributed by atoms with van der Waals surface area (Å²) in [5.74, 6) is 0. The van der Waals surface area contributed by atoms with E-state index in [1.807, 2.05) is 18.0 Å². The second-order valence-corrected chi connectivity index (χ2v) is 3.14. The third-order valence-corrected chi connectivity index (χ3v) is 2.51. The molecule has 0 amide bonds. The van der Waals surface area contributed by atoms with Crippen LogP contribution >= 0.6 is 11.8 Å². The van der Waals surface area contributed by atoms with E-state index in [-0.39, 0.29) is 0 Å². The quantitative estimate of drug-likeness (QED) is 0.682. The van der Waals surface area contributed by atoms with Crippen molar-refractivity contribution in [2.75, 3.05) is 12.0 Å². The zero-order valence-corrected chi connectivity index (χ0v) is 7.90. The summed E-state index contributed by atoms with van der Waals surface area (Å²) in [7, 11) is 1.92. The van der Waals surface area contributed by atoms with Crippen molar-refractivity contribution in [2.24, 2.45) is 7.05 Å². The van der Waals surface area contributed by atoms with Crippen LogP contribution in [-0.2, 0) is 13.5 Å². The van der Waals surface area contributed by atoms with Crippen LogP contribution in [0.15, 0.2) is 5.03 Å². The number of rotatable bonds is 2. The third-order valence-electron chi connectivity index (χ3n) is 1.63. The molecule has 1 heterocycles. The molecule has 0 fully saturated rings. The van der Waals surface area contributed by atoms with E-state index in [4.69, 9.17) is 5.73 Å². The Kier molecular flexibility index (Phi) is 2.44. The van der Waals surface area contributed by atoms with Crippen LogP contribution in [-0.4, -0.2) is 16.0 Å². The highest BCUT2D eigenvalue weighted by Crippen LogP contribution is 2.25. The van der Waals surface area contributed by atoms with Crippen molar-refractivity contribution in [2.45, 2.75) is 18.4 Å². The van der Waals surface area contributed by atoms with Gasteiger partial charge in [0.25, 0.3) is 0 Å². The van der Waals surface area contributed by atoms with E-state index in [9.17, 15) is 0 Å². The van der Waals surface area contributed by atoms with Gasteiger partial charge in [0.15, 0.2) is 0 Å². The average Bonchev–Trinajstić information content (AvgIpc) is 2.26. The summed E-state index contributed by atoms with van der Waals surface area (Å²) < 4.78 is 1.83. The Morgan fingerprint density at radius 3 is 2.55 bits per heavy atom. The Labute approximate surface area is 71.0 Å². The number of aryl methyl sites for hydroxylation is 2. The van der Waals surface area contributed by atoms with Gasteiger partial charge in [0.05, 0.1) is 11.4 Å². The maximum absolute atomic E-state index is 5.82. The van der Waals surface area contributed by atoms with Crippen molar-refractivity contribution in [3.63, 3.8) is 0 Å². The van der Waals surface area contributed by atoms with E-state index < -0.39 is 0 Å². The Hall–Kier alpha value is -0.640. The molecule has 2 N–H and O–H groups in total. The summed E-state index contributed by atoms with van der Waals surface area (Å²) in [4.78, 5) is 0. The molecule has 0 aliphatic carbocycles. The SMILES string of the molecule is CCc1nn(C)c(SC)c1N. The van der Waals surface area contributed by atoms with Crippen molar-refractivity contribution >= 4 is 17.4 Å². The lowest BCUT2D eigenvalue weighted by Gasteiger charge is -1.95. The molecule has 0 bridgehead atoms. The summed E-state index contributed by atoms with van der Waals surface area (Å²) in [6.45, 7) is 2.06. The molecule has 0 spiro atoms. The highest BCUT2D eigenvalue weighted by Gasteiger charge is 2.09. The fourth-order valence-electron chi connectivity index (χ4n) is 1.08. The number of nitrogen functional groups attached to an aromatic ring is 1. The molecule has 0 saturated carbocycles. The standard InChI is InChI=1S/C7H13N3S/c1-4-5-6(8)7(11-3)10(2)9-5/h4,8H2,1-3H3. The first-order valence-electron chi connectivity index (χ1n) is 3.56. The van der Waals surface area contributed by atoms with E-state index in [0.29, 0.717) is 0 Å². The maximum Gasteiger partial charge on any atom is 0.117 e. The van der Waals surface area contributed by atoms with Gasteiger partial charge >= 0.3 is 0 Å². The van der Waals surface area contributed by atoms with Crippen LogP contribution in [0.5, 0.6) is 0 Å². The van der Waals surface area contributed by atoms with Crippen LogP contribution < -0.4 is 5.73 Å². The van der Waals surface area contributed by atoms with Crippen LogP contribution in [0.25, 0.3) is 0 Å². The van der Waals surface area contributed by atoms with Crippen LogP contribution in [0.3, 0.4) is 0 Å². The maximum atomic E-state index is 5.82. The summed E-state index contributed by atoms with van der Waals surface area (Å²) in [5, 5.41) is 5.33. The first kappa shape index (κ1) is 8.46. The lowest BCUT2D eigenvalue weighted by Crippen LogP contribution is -1.92. The molecular formula is C7H13N3S. The van der Waals surface area contributed by atoms with Gasteiger partial charge in [0, 0.05) is 7.05 Å². The van der Waals surface area contributed by atoms with Gasteiger partial charge in [-0.25, -0.2) is 0 Å². The van der Waals surface area contributed by atoms with Crippen molar-refractivity contribution in [1.29, 1.82) is 0 Å². The number of aromatic nitrogens is 2. The Bertz CT molecular complexity index is 254. The van der Waals surface area contributed by atoms with E-state index in [1.165, 1.54) is 0 Å². The summed E-state index contributed by atoms with van der Waals surface area (Å²) in [6.07, 6.45) is 2.91. The molecule has 0 saturated heterocycles. The molecule has 0 aliphatic rings. The molecular weight excluding hydrogens is 158 g/mol. The van der Waals surface area contributed by atoms with Gasteiger partial charge in [0.1, 0.15) is 5.03 Å². The highest BCUT2D eigenvalue weighted by atomic mass is 32.2. The Morgan fingerprint density at radius 2 is 2.27 bits per heavy atom. The van der Waals surface area contributed by atoms with E-state index in [0.717, 1.165) is 22.8 Å². The fraction of sp³-hybridized carbons (Fsp3) is 0.571. The molecule has 1 aromatic heterocycles. The van der Waals surface area contributed by atoms with E-state index >= 15 is 0 Å². The summed E-state index contributed by atoms with van der Waals surface area (Å²) in [5.41, 5.74) is 7.65. The first-order valence-corrected chi connectivity index (χ1v) is 4.78. The van der Waals surface area contributed by atoms with Gasteiger partial charge in [-0.2, -0.15) is 5.10 Å². The molecule has 3 nitrogen and oxygen atoms in total.